The summed E-state index contributed by atoms with van der Waals surface area (Å²) in [5.74, 6) is -0.0739. The van der Waals surface area contributed by atoms with Crippen LogP contribution < -0.4 is 5.32 Å². The van der Waals surface area contributed by atoms with E-state index in [-0.39, 0.29) is 5.91 Å². The molecule has 0 atom stereocenters. The summed E-state index contributed by atoms with van der Waals surface area (Å²) in [6.07, 6.45) is 0. The molecule has 0 bridgehead atoms. The third-order valence-corrected chi connectivity index (χ3v) is 5.12. The zero-order chi connectivity index (χ0) is 17.0. The Morgan fingerprint density at radius 3 is 1.75 bits per heavy atom. The second-order valence-corrected chi connectivity index (χ2v) is 6.95. The molecule has 24 heavy (non-hydrogen) atoms. The van der Waals surface area contributed by atoms with Gasteiger partial charge in [0, 0.05) is 3.57 Å². The van der Waals surface area contributed by atoms with Crippen LogP contribution >= 0.6 is 22.6 Å². The van der Waals surface area contributed by atoms with Gasteiger partial charge in [-0.2, -0.15) is 0 Å². The van der Waals surface area contributed by atoms with Crippen LogP contribution in [0.4, 0.5) is 0 Å². The maximum Gasteiger partial charge on any atom is 0.253 e. The van der Waals surface area contributed by atoms with Gasteiger partial charge in [0.2, 0.25) is 0 Å². The normalized spacial score (nSPS) is 11.1. The number of hydrogen-bond acceptors (Lipinski definition) is 1. The summed E-state index contributed by atoms with van der Waals surface area (Å²) >= 11 is 2.20. The molecule has 0 unspecified atom stereocenters. The smallest absolute Gasteiger partial charge is 0.253 e. The van der Waals surface area contributed by atoms with Crippen LogP contribution in [-0.4, -0.2) is 5.91 Å². The highest BCUT2D eigenvalue weighted by Crippen LogP contribution is 2.29. The van der Waals surface area contributed by atoms with Crippen LogP contribution in [0.2, 0.25) is 0 Å². The van der Waals surface area contributed by atoms with E-state index < -0.39 is 5.54 Å². The molecular formula is C21H18INO. The Balaban J connectivity index is 2.04. The molecule has 1 amide bonds. The highest BCUT2D eigenvalue weighted by molar-refractivity contribution is 14.1. The van der Waals surface area contributed by atoms with Gasteiger partial charge in [0.15, 0.2) is 0 Å². The summed E-state index contributed by atoms with van der Waals surface area (Å²) in [5.41, 5.74) is 2.19. The lowest BCUT2D eigenvalue weighted by Crippen LogP contribution is -2.44. The summed E-state index contributed by atoms with van der Waals surface area (Å²) < 4.78 is 0.941. The largest absolute Gasteiger partial charge is 0.339 e. The van der Waals surface area contributed by atoms with E-state index in [2.05, 4.69) is 27.9 Å². The first-order valence-electron chi connectivity index (χ1n) is 7.79. The number of carbonyl (C=O) groups excluding carboxylic acids is 1. The van der Waals surface area contributed by atoms with Crippen LogP contribution in [0.3, 0.4) is 0 Å². The quantitative estimate of drug-likeness (QED) is 0.585. The molecule has 3 rings (SSSR count). The molecule has 0 aliphatic carbocycles. The van der Waals surface area contributed by atoms with Crippen molar-refractivity contribution in [3.05, 3.63) is 105 Å². The van der Waals surface area contributed by atoms with Crippen molar-refractivity contribution < 1.29 is 4.79 Å². The molecule has 0 saturated carbocycles. The molecule has 0 heterocycles. The maximum absolute atomic E-state index is 12.9. The third-order valence-electron chi connectivity index (χ3n) is 4.18. The van der Waals surface area contributed by atoms with Crippen LogP contribution in [0.15, 0.2) is 84.9 Å². The number of amides is 1. The first-order valence-corrected chi connectivity index (χ1v) is 8.87. The summed E-state index contributed by atoms with van der Waals surface area (Å²) in [6, 6.07) is 27.7. The van der Waals surface area contributed by atoms with E-state index in [0.717, 1.165) is 14.7 Å². The van der Waals surface area contributed by atoms with Gasteiger partial charge in [0.25, 0.3) is 5.91 Å². The Kier molecular flexibility index (Phi) is 5.00. The first kappa shape index (κ1) is 16.7. The summed E-state index contributed by atoms with van der Waals surface area (Å²) in [5, 5.41) is 3.24. The van der Waals surface area contributed by atoms with E-state index in [1.165, 1.54) is 0 Å². The van der Waals surface area contributed by atoms with Gasteiger partial charge in [0.1, 0.15) is 0 Å². The predicted molar refractivity (Wildman–Crippen MR) is 106 cm³/mol. The number of halogens is 1. The molecule has 3 aromatic rings. The standard InChI is InChI=1S/C21H18INO/c1-21(16-10-4-2-5-11-16,17-12-6-3-7-13-17)23-20(24)18-14-8-9-15-19(18)22/h2-15H,1H3,(H,23,24). The first-order chi connectivity index (χ1) is 11.6. The highest BCUT2D eigenvalue weighted by Gasteiger charge is 2.31. The number of nitrogens with one attached hydrogen (secondary N) is 1. The number of carbonyl (C=O) groups is 1. The number of benzene rings is 3. The molecule has 3 heteroatoms. The van der Waals surface area contributed by atoms with E-state index in [1.807, 2.05) is 91.9 Å². The topological polar surface area (TPSA) is 29.1 Å². The van der Waals surface area contributed by atoms with Gasteiger partial charge in [-0.1, -0.05) is 72.8 Å². The van der Waals surface area contributed by atoms with Crippen molar-refractivity contribution in [1.82, 2.24) is 5.32 Å². The lowest BCUT2D eigenvalue weighted by molar-refractivity contribution is 0.0918. The fourth-order valence-electron chi connectivity index (χ4n) is 2.79. The molecular weight excluding hydrogens is 409 g/mol. The number of hydrogen-bond donors (Lipinski definition) is 1. The molecule has 0 fully saturated rings. The van der Waals surface area contributed by atoms with E-state index in [4.69, 9.17) is 0 Å². The lowest BCUT2D eigenvalue weighted by Gasteiger charge is -2.32. The SMILES string of the molecule is CC(NC(=O)c1ccccc1I)(c1ccccc1)c1ccccc1. The Labute approximate surface area is 156 Å². The lowest BCUT2D eigenvalue weighted by atomic mass is 9.84. The molecule has 0 radical (unpaired) electrons. The Morgan fingerprint density at radius 2 is 1.25 bits per heavy atom. The van der Waals surface area contributed by atoms with Crippen molar-refractivity contribution >= 4 is 28.5 Å². The van der Waals surface area contributed by atoms with E-state index in [9.17, 15) is 4.79 Å². The van der Waals surface area contributed by atoms with Gasteiger partial charge in [-0.05, 0) is 52.8 Å². The van der Waals surface area contributed by atoms with Crippen LogP contribution in [0.5, 0.6) is 0 Å². The Morgan fingerprint density at radius 1 is 0.792 bits per heavy atom. The van der Waals surface area contributed by atoms with E-state index in [1.54, 1.807) is 0 Å². The van der Waals surface area contributed by atoms with Crippen LogP contribution in [-0.2, 0) is 5.54 Å². The second-order valence-electron chi connectivity index (χ2n) is 5.79. The zero-order valence-electron chi connectivity index (χ0n) is 13.4. The summed E-state index contributed by atoms with van der Waals surface area (Å²) in [4.78, 5) is 12.9. The minimum atomic E-state index is -0.599. The molecule has 0 spiro atoms. The molecule has 3 aromatic carbocycles. The van der Waals surface area contributed by atoms with Crippen molar-refractivity contribution in [3.8, 4) is 0 Å². The van der Waals surface area contributed by atoms with Crippen LogP contribution in [0.25, 0.3) is 0 Å². The minimum absolute atomic E-state index is 0.0739. The third kappa shape index (κ3) is 3.36. The molecule has 2 nitrogen and oxygen atoms in total. The molecule has 1 N–H and O–H groups in total. The van der Waals surface area contributed by atoms with Crippen molar-refractivity contribution in [2.45, 2.75) is 12.5 Å². The van der Waals surface area contributed by atoms with Crippen molar-refractivity contribution in [2.24, 2.45) is 0 Å². The predicted octanol–water partition coefficient (Wildman–Crippen LogP) is 4.98. The molecule has 0 saturated heterocycles. The molecule has 120 valence electrons. The molecule has 0 aromatic heterocycles. The minimum Gasteiger partial charge on any atom is -0.339 e. The fourth-order valence-corrected chi connectivity index (χ4v) is 3.43. The monoisotopic (exact) mass is 427 g/mol. The Hall–Kier alpha value is -2.14. The average Bonchev–Trinajstić information content (AvgIpc) is 2.63. The maximum atomic E-state index is 12.9. The van der Waals surface area contributed by atoms with Crippen molar-refractivity contribution in [2.75, 3.05) is 0 Å². The molecule has 0 aliphatic heterocycles. The summed E-state index contributed by atoms with van der Waals surface area (Å²) in [7, 11) is 0. The van der Waals surface area contributed by atoms with Gasteiger partial charge in [-0.3, -0.25) is 4.79 Å². The van der Waals surface area contributed by atoms with Crippen LogP contribution in [0, 0.1) is 3.57 Å². The second kappa shape index (κ2) is 7.18. The van der Waals surface area contributed by atoms with Crippen molar-refractivity contribution in [1.29, 1.82) is 0 Å². The van der Waals surface area contributed by atoms with Crippen LogP contribution in [0.1, 0.15) is 28.4 Å². The van der Waals surface area contributed by atoms with E-state index in [0.29, 0.717) is 5.56 Å². The average molecular weight is 427 g/mol. The van der Waals surface area contributed by atoms with Gasteiger partial charge in [-0.15, -0.1) is 0 Å². The van der Waals surface area contributed by atoms with Gasteiger partial charge >= 0.3 is 0 Å². The number of rotatable bonds is 4. The van der Waals surface area contributed by atoms with Gasteiger partial charge in [0.05, 0.1) is 11.1 Å². The summed E-state index contributed by atoms with van der Waals surface area (Å²) in [6.45, 7) is 2.05. The molecule has 0 aliphatic rings. The highest BCUT2D eigenvalue weighted by atomic mass is 127. The van der Waals surface area contributed by atoms with Gasteiger partial charge < -0.3 is 5.32 Å². The zero-order valence-corrected chi connectivity index (χ0v) is 15.5. The van der Waals surface area contributed by atoms with Crippen molar-refractivity contribution in [3.63, 3.8) is 0 Å². The Bertz CT molecular complexity index is 791. The van der Waals surface area contributed by atoms with Gasteiger partial charge in [-0.25, -0.2) is 0 Å². The fraction of sp³-hybridized carbons (Fsp3) is 0.0952. The van der Waals surface area contributed by atoms with E-state index >= 15 is 0 Å².